The quantitative estimate of drug-likeness (QED) is 0.692. The summed E-state index contributed by atoms with van der Waals surface area (Å²) in [6.45, 7) is 2.83. The summed E-state index contributed by atoms with van der Waals surface area (Å²) in [5.74, 6) is -0.245. The van der Waals surface area contributed by atoms with E-state index in [1.54, 1.807) is 4.90 Å². The Morgan fingerprint density at radius 2 is 1.62 bits per heavy atom. The Kier molecular flexibility index (Phi) is 2.90. The number of amides is 2. The van der Waals surface area contributed by atoms with Crippen LogP contribution in [0.1, 0.15) is 6.92 Å². The molecule has 0 spiro atoms. The van der Waals surface area contributed by atoms with Crippen molar-refractivity contribution >= 4 is 17.5 Å². The molecule has 0 bridgehead atoms. The molecule has 1 aliphatic heterocycles. The second-order valence-corrected chi connectivity index (χ2v) is 3.72. The topological polar surface area (TPSA) is 40.6 Å². The molecule has 0 atom stereocenters. The van der Waals surface area contributed by atoms with Crippen molar-refractivity contribution in [2.45, 2.75) is 6.92 Å². The molecular formula is C12H14N2O2. The zero-order valence-corrected chi connectivity index (χ0v) is 9.22. The van der Waals surface area contributed by atoms with E-state index in [1.165, 1.54) is 4.90 Å². The number of carbonyl (C=O) groups is 2. The van der Waals surface area contributed by atoms with E-state index in [1.807, 2.05) is 37.3 Å². The molecule has 1 aromatic rings. The van der Waals surface area contributed by atoms with Gasteiger partial charge in [0.05, 0.1) is 13.1 Å². The van der Waals surface area contributed by atoms with Gasteiger partial charge in [-0.25, -0.2) is 0 Å². The molecule has 1 aromatic carbocycles. The van der Waals surface area contributed by atoms with E-state index in [9.17, 15) is 9.59 Å². The normalized spacial score (nSPS) is 16.8. The average Bonchev–Trinajstić information content (AvgIpc) is 2.30. The molecule has 16 heavy (non-hydrogen) atoms. The zero-order chi connectivity index (χ0) is 11.5. The van der Waals surface area contributed by atoms with E-state index in [4.69, 9.17) is 0 Å². The highest BCUT2D eigenvalue weighted by Crippen LogP contribution is 2.16. The van der Waals surface area contributed by atoms with Gasteiger partial charge in [0.1, 0.15) is 0 Å². The number of hydrogen-bond donors (Lipinski definition) is 0. The summed E-state index contributed by atoms with van der Waals surface area (Å²) in [7, 11) is 0. The fourth-order valence-corrected chi connectivity index (χ4v) is 1.87. The number of para-hydroxylation sites is 1. The number of hydrogen-bond acceptors (Lipinski definition) is 3. The van der Waals surface area contributed by atoms with Gasteiger partial charge in [0.25, 0.3) is 0 Å². The first-order chi connectivity index (χ1) is 7.72. The standard InChI is InChI=1S/C12H14N2O2/c1-2-14-11(15)8-13(9-12(14)16)10-6-4-3-5-7-10/h3-7H,2,8-9H2,1H3. The SMILES string of the molecule is CCN1C(=O)CN(c2ccccc2)CC1=O. The summed E-state index contributed by atoms with van der Waals surface area (Å²) in [6.07, 6.45) is 0. The van der Waals surface area contributed by atoms with Crippen LogP contribution < -0.4 is 4.90 Å². The first-order valence-electron chi connectivity index (χ1n) is 5.35. The number of anilines is 1. The smallest absolute Gasteiger partial charge is 0.248 e. The van der Waals surface area contributed by atoms with E-state index in [2.05, 4.69) is 0 Å². The number of rotatable bonds is 2. The molecule has 2 rings (SSSR count). The summed E-state index contributed by atoms with van der Waals surface area (Å²) in [6, 6.07) is 9.52. The van der Waals surface area contributed by atoms with Crippen LogP contribution in [0.5, 0.6) is 0 Å². The number of carbonyl (C=O) groups excluding carboxylic acids is 2. The number of piperazine rings is 1. The maximum atomic E-state index is 11.7. The summed E-state index contributed by atoms with van der Waals surface area (Å²) < 4.78 is 0. The van der Waals surface area contributed by atoms with Gasteiger partial charge >= 0.3 is 0 Å². The molecule has 1 fully saturated rings. The number of benzene rings is 1. The van der Waals surface area contributed by atoms with Crippen LogP contribution in [0.4, 0.5) is 5.69 Å². The Labute approximate surface area is 94.5 Å². The molecule has 0 unspecified atom stereocenters. The zero-order valence-electron chi connectivity index (χ0n) is 9.22. The third-order valence-electron chi connectivity index (χ3n) is 2.69. The lowest BCUT2D eigenvalue weighted by atomic mass is 10.2. The Bertz CT molecular complexity index is 385. The Balaban J connectivity index is 2.17. The van der Waals surface area contributed by atoms with Gasteiger partial charge in [-0.2, -0.15) is 0 Å². The molecule has 1 saturated heterocycles. The predicted octanol–water partition coefficient (Wildman–Crippen LogP) is 0.882. The van der Waals surface area contributed by atoms with Gasteiger partial charge in [0.2, 0.25) is 11.8 Å². The van der Waals surface area contributed by atoms with Crippen molar-refractivity contribution < 1.29 is 9.59 Å². The van der Waals surface area contributed by atoms with Gasteiger partial charge < -0.3 is 4.90 Å². The lowest BCUT2D eigenvalue weighted by Gasteiger charge is -2.33. The second kappa shape index (κ2) is 4.35. The van der Waals surface area contributed by atoms with Crippen molar-refractivity contribution in [1.29, 1.82) is 0 Å². The van der Waals surface area contributed by atoms with Crippen LogP contribution in [-0.4, -0.2) is 36.3 Å². The summed E-state index contributed by atoms with van der Waals surface area (Å²) >= 11 is 0. The van der Waals surface area contributed by atoms with Crippen molar-refractivity contribution in [2.75, 3.05) is 24.5 Å². The van der Waals surface area contributed by atoms with Crippen molar-refractivity contribution in [3.63, 3.8) is 0 Å². The minimum absolute atomic E-state index is 0.123. The molecule has 0 N–H and O–H groups in total. The highest BCUT2D eigenvalue weighted by molar-refractivity contribution is 6.02. The van der Waals surface area contributed by atoms with Gasteiger partial charge in [0.15, 0.2) is 0 Å². The maximum absolute atomic E-state index is 11.7. The predicted molar refractivity (Wildman–Crippen MR) is 61.0 cm³/mol. The largest absolute Gasteiger partial charge is 0.353 e. The van der Waals surface area contributed by atoms with Crippen LogP contribution >= 0.6 is 0 Å². The Morgan fingerprint density at radius 3 is 2.12 bits per heavy atom. The lowest BCUT2D eigenvalue weighted by molar-refractivity contribution is -0.145. The van der Waals surface area contributed by atoms with E-state index in [0.29, 0.717) is 6.54 Å². The Hall–Kier alpha value is -1.84. The first-order valence-corrected chi connectivity index (χ1v) is 5.35. The van der Waals surface area contributed by atoms with Gasteiger partial charge in [-0.1, -0.05) is 18.2 Å². The summed E-state index contributed by atoms with van der Waals surface area (Å²) in [5, 5.41) is 0. The van der Waals surface area contributed by atoms with Crippen LogP contribution in [0.25, 0.3) is 0 Å². The lowest BCUT2D eigenvalue weighted by Crippen LogP contribution is -2.53. The van der Waals surface area contributed by atoms with Crippen LogP contribution in [0.2, 0.25) is 0 Å². The van der Waals surface area contributed by atoms with Crippen LogP contribution in [0.15, 0.2) is 30.3 Å². The van der Waals surface area contributed by atoms with Crippen LogP contribution in [0, 0.1) is 0 Å². The van der Waals surface area contributed by atoms with Crippen molar-refractivity contribution in [3.05, 3.63) is 30.3 Å². The van der Waals surface area contributed by atoms with Crippen LogP contribution in [0.3, 0.4) is 0 Å². The fourth-order valence-electron chi connectivity index (χ4n) is 1.87. The number of imide groups is 1. The highest BCUT2D eigenvalue weighted by atomic mass is 16.2. The Morgan fingerprint density at radius 1 is 1.06 bits per heavy atom. The second-order valence-electron chi connectivity index (χ2n) is 3.72. The van der Waals surface area contributed by atoms with Crippen LogP contribution in [-0.2, 0) is 9.59 Å². The van der Waals surface area contributed by atoms with Crippen molar-refractivity contribution in [3.8, 4) is 0 Å². The van der Waals surface area contributed by atoms with Gasteiger partial charge in [-0.05, 0) is 19.1 Å². The van der Waals surface area contributed by atoms with E-state index >= 15 is 0 Å². The summed E-state index contributed by atoms with van der Waals surface area (Å²) in [4.78, 5) is 26.5. The number of nitrogens with zero attached hydrogens (tertiary/aromatic N) is 2. The van der Waals surface area contributed by atoms with Gasteiger partial charge in [-0.3, -0.25) is 14.5 Å². The summed E-state index contributed by atoms with van der Waals surface area (Å²) in [5.41, 5.74) is 0.917. The molecule has 4 nitrogen and oxygen atoms in total. The van der Waals surface area contributed by atoms with E-state index < -0.39 is 0 Å². The monoisotopic (exact) mass is 218 g/mol. The maximum Gasteiger partial charge on any atom is 0.248 e. The minimum atomic E-state index is -0.123. The minimum Gasteiger partial charge on any atom is -0.353 e. The molecule has 84 valence electrons. The molecule has 0 aliphatic carbocycles. The third-order valence-corrected chi connectivity index (χ3v) is 2.69. The van der Waals surface area contributed by atoms with E-state index in [-0.39, 0.29) is 24.9 Å². The third kappa shape index (κ3) is 1.91. The molecule has 1 aliphatic rings. The highest BCUT2D eigenvalue weighted by Gasteiger charge is 2.29. The van der Waals surface area contributed by atoms with E-state index in [0.717, 1.165) is 5.69 Å². The molecule has 0 saturated carbocycles. The molecular weight excluding hydrogens is 204 g/mol. The van der Waals surface area contributed by atoms with Gasteiger partial charge in [0, 0.05) is 12.2 Å². The average molecular weight is 218 g/mol. The van der Waals surface area contributed by atoms with Crippen molar-refractivity contribution in [2.24, 2.45) is 0 Å². The fraction of sp³-hybridized carbons (Fsp3) is 0.333. The molecule has 4 heteroatoms. The number of likely N-dealkylation sites (N-methyl/N-ethyl adjacent to an activating group) is 1. The molecule has 1 heterocycles. The van der Waals surface area contributed by atoms with Gasteiger partial charge in [-0.15, -0.1) is 0 Å². The van der Waals surface area contributed by atoms with Crippen molar-refractivity contribution in [1.82, 2.24) is 4.90 Å². The molecule has 0 radical (unpaired) electrons. The molecule has 0 aromatic heterocycles. The molecule has 2 amide bonds. The first kappa shape index (κ1) is 10.7.